The third kappa shape index (κ3) is 4.52. The molecule has 0 unspecified atom stereocenters. The van der Waals surface area contributed by atoms with Crippen LogP contribution in [0.1, 0.15) is 48.2 Å². The van der Waals surface area contributed by atoms with Gasteiger partial charge in [0.15, 0.2) is 5.82 Å². The molecule has 0 atom stereocenters. The molecule has 166 valence electrons. The zero-order valence-corrected chi connectivity index (χ0v) is 18.2. The number of para-hydroxylation sites is 1. The van der Waals surface area contributed by atoms with E-state index in [1.54, 1.807) is 24.3 Å². The lowest BCUT2D eigenvalue weighted by Gasteiger charge is -2.29. The van der Waals surface area contributed by atoms with Gasteiger partial charge >= 0.3 is 0 Å². The average molecular weight is 434 g/mol. The number of carbonyl (C=O) groups is 1. The largest absolute Gasteiger partial charge is 0.508 e. The molecule has 0 saturated heterocycles. The van der Waals surface area contributed by atoms with E-state index in [1.807, 2.05) is 36.7 Å². The minimum atomic E-state index is -0.476. The Labute approximate surface area is 186 Å². The van der Waals surface area contributed by atoms with Crippen LogP contribution in [0.3, 0.4) is 0 Å². The summed E-state index contributed by atoms with van der Waals surface area (Å²) < 4.78 is 1.81. The zero-order valence-electron chi connectivity index (χ0n) is 18.2. The lowest BCUT2D eigenvalue weighted by Crippen LogP contribution is -2.46. The second-order valence-electron chi connectivity index (χ2n) is 8.18. The maximum Gasteiger partial charge on any atom is 0.254 e. The number of benzene rings is 2. The average Bonchev–Trinajstić information content (AvgIpc) is 3.44. The molecule has 0 spiro atoms. The maximum absolute atomic E-state index is 12.4. The summed E-state index contributed by atoms with van der Waals surface area (Å²) in [7, 11) is 0. The van der Waals surface area contributed by atoms with Crippen molar-refractivity contribution in [1.82, 2.24) is 30.9 Å². The van der Waals surface area contributed by atoms with Gasteiger partial charge in [0.05, 0.1) is 24.0 Å². The molecule has 9 nitrogen and oxygen atoms in total. The highest BCUT2D eigenvalue weighted by Crippen LogP contribution is 2.38. The van der Waals surface area contributed by atoms with Gasteiger partial charge in [0.25, 0.3) is 5.91 Å². The molecule has 1 heterocycles. The van der Waals surface area contributed by atoms with Gasteiger partial charge in [0.2, 0.25) is 0 Å². The Morgan fingerprint density at radius 2 is 1.84 bits per heavy atom. The van der Waals surface area contributed by atoms with E-state index in [0.29, 0.717) is 0 Å². The number of hydrazone groups is 1. The minimum absolute atomic E-state index is 0.0898. The summed E-state index contributed by atoms with van der Waals surface area (Å²) in [5, 5.41) is 29.4. The molecule has 1 aliphatic carbocycles. The van der Waals surface area contributed by atoms with Crippen LogP contribution in [0.25, 0.3) is 5.69 Å². The fraction of sp³-hybridized carbons (Fsp3) is 0.348. The first-order valence-electron chi connectivity index (χ1n) is 10.7. The van der Waals surface area contributed by atoms with E-state index in [-0.39, 0.29) is 18.2 Å². The fourth-order valence-electron chi connectivity index (χ4n) is 4.26. The summed E-state index contributed by atoms with van der Waals surface area (Å²) in [5.74, 6) is 0.658. The lowest BCUT2D eigenvalue weighted by molar-refractivity contribution is -0.120. The zero-order chi connectivity index (χ0) is 22.6. The molecule has 1 saturated carbocycles. The van der Waals surface area contributed by atoms with Crippen molar-refractivity contribution in [1.29, 1.82) is 0 Å². The number of rotatable bonds is 7. The molecule has 3 N–H and O–H groups in total. The molecule has 3 aromatic rings. The topological polar surface area (TPSA) is 117 Å². The Hall–Kier alpha value is -3.59. The third-order valence-electron chi connectivity index (χ3n) is 5.89. The molecule has 2 aromatic carbocycles. The molecule has 4 rings (SSSR count). The smallest absolute Gasteiger partial charge is 0.254 e. The number of phenols is 1. The van der Waals surface area contributed by atoms with E-state index >= 15 is 0 Å². The van der Waals surface area contributed by atoms with Crippen molar-refractivity contribution in [3.63, 3.8) is 0 Å². The van der Waals surface area contributed by atoms with E-state index in [1.165, 1.54) is 6.21 Å². The van der Waals surface area contributed by atoms with E-state index in [0.717, 1.165) is 53.9 Å². The van der Waals surface area contributed by atoms with Gasteiger partial charge in [-0.1, -0.05) is 31.0 Å². The van der Waals surface area contributed by atoms with Crippen molar-refractivity contribution in [2.45, 2.75) is 45.1 Å². The molecule has 1 amide bonds. The highest BCUT2D eigenvalue weighted by Gasteiger charge is 2.41. The second kappa shape index (κ2) is 9.27. The molecular weight excluding hydrogens is 406 g/mol. The molecule has 0 aliphatic heterocycles. The van der Waals surface area contributed by atoms with Crippen LogP contribution in [-0.2, 0) is 10.3 Å². The first-order chi connectivity index (χ1) is 15.5. The van der Waals surface area contributed by atoms with Crippen LogP contribution >= 0.6 is 0 Å². The number of nitrogens with zero attached hydrogens (tertiary/aromatic N) is 5. The Morgan fingerprint density at radius 1 is 1.16 bits per heavy atom. The van der Waals surface area contributed by atoms with Gasteiger partial charge in [-0.25, -0.2) is 5.43 Å². The number of nitrogens with one attached hydrogen (secondary N) is 2. The SMILES string of the molecule is Cc1cccc(C)c1-n1nnnc1C1(NCC(=O)N/N=C/c2ccc(O)cc2)CCCC1. The van der Waals surface area contributed by atoms with Gasteiger partial charge < -0.3 is 5.11 Å². The first-order valence-corrected chi connectivity index (χ1v) is 10.7. The molecule has 1 aliphatic rings. The summed E-state index contributed by atoms with van der Waals surface area (Å²) in [6.07, 6.45) is 5.30. The molecule has 1 aromatic heterocycles. The minimum Gasteiger partial charge on any atom is -0.508 e. The standard InChI is InChI=1S/C23H27N7O2/c1-16-6-5-7-17(2)21(16)30-22(27-28-29-30)23(12-3-4-13-23)24-15-20(32)26-25-14-18-8-10-19(31)11-9-18/h5-11,14,24,31H,3-4,12-13,15H2,1-2H3,(H,26,32)/b25-14+. The molecule has 1 fully saturated rings. The van der Waals surface area contributed by atoms with Crippen LogP contribution in [0.5, 0.6) is 5.75 Å². The summed E-state index contributed by atoms with van der Waals surface area (Å²) in [5.41, 5.74) is 6.00. The number of tetrazole rings is 1. The number of hydrogen-bond donors (Lipinski definition) is 3. The number of aromatic nitrogens is 4. The van der Waals surface area contributed by atoms with Crippen molar-refractivity contribution >= 4 is 12.1 Å². The predicted molar refractivity (Wildman–Crippen MR) is 121 cm³/mol. The monoisotopic (exact) mass is 433 g/mol. The molecule has 32 heavy (non-hydrogen) atoms. The number of amides is 1. The normalized spacial score (nSPS) is 15.3. The van der Waals surface area contributed by atoms with Gasteiger partial charge in [-0.15, -0.1) is 5.10 Å². The quantitative estimate of drug-likeness (QED) is 0.389. The van der Waals surface area contributed by atoms with Crippen LogP contribution < -0.4 is 10.7 Å². The van der Waals surface area contributed by atoms with Crippen molar-refractivity contribution in [3.05, 3.63) is 65.0 Å². The van der Waals surface area contributed by atoms with E-state index in [4.69, 9.17) is 0 Å². The summed E-state index contributed by atoms with van der Waals surface area (Å²) in [4.78, 5) is 12.4. The summed E-state index contributed by atoms with van der Waals surface area (Å²) >= 11 is 0. The van der Waals surface area contributed by atoms with E-state index < -0.39 is 5.54 Å². The van der Waals surface area contributed by atoms with E-state index in [9.17, 15) is 9.90 Å². The Balaban J connectivity index is 1.48. The van der Waals surface area contributed by atoms with Gasteiger partial charge in [0, 0.05) is 0 Å². The van der Waals surface area contributed by atoms with E-state index in [2.05, 4.69) is 31.4 Å². The first kappa shape index (κ1) is 21.6. The van der Waals surface area contributed by atoms with Crippen molar-refractivity contribution in [2.75, 3.05) is 6.54 Å². The fourth-order valence-corrected chi connectivity index (χ4v) is 4.26. The van der Waals surface area contributed by atoms with Gasteiger partial charge in [-0.2, -0.15) is 9.78 Å². The van der Waals surface area contributed by atoms with Gasteiger partial charge in [-0.05, 0) is 78.1 Å². The van der Waals surface area contributed by atoms with Crippen LogP contribution in [0.2, 0.25) is 0 Å². The highest BCUT2D eigenvalue weighted by atomic mass is 16.3. The number of hydrogen-bond acceptors (Lipinski definition) is 7. The Kier molecular flexibility index (Phi) is 6.27. The molecule has 0 radical (unpaired) electrons. The number of phenolic OH excluding ortho intramolecular Hbond substituents is 1. The summed E-state index contributed by atoms with van der Waals surface area (Å²) in [6, 6.07) is 12.7. The number of carbonyl (C=O) groups excluding carboxylic acids is 1. The third-order valence-corrected chi connectivity index (χ3v) is 5.89. The maximum atomic E-state index is 12.4. The van der Waals surface area contributed by atoms with Crippen molar-refractivity contribution in [3.8, 4) is 11.4 Å². The Morgan fingerprint density at radius 3 is 2.53 bits per heavy atom. The number of aryl methyl sites for hydroxylation is 2. The van der Waals surface area contributed by atoms with Crippen LogP contribution in [0.4, 0.5) is 0 Å². The highest BCUT2D eigenvalue weighted by molar-refractivity contribution is 5.83. The second-order valence-corrected chi connectivity index (χ2v) is 8.18. The number of aromatic hydroxyl groups is 1. The van der Waals surface area contributed by atoms with Crippen molar-refractivity contribution in [2.24, 2.45) is 5.10 Å². The lowest BCUT2D eigenvalue weighted by atomic mass is 9.95. The predicted octanol–water partition coefficient (Wildman–Crippen LogP) is 2.49. The van der Waals surface area contributed by atoms with Crippen LogP contribution in [0, 0.1) is 13.8 Å². The molecule has 0 bridgehead atoms. The summed E-state index contributed by atoms with van der Waals surface area (Å²) in [6.45, 7) is 4.18. The molecule has 9 heteroatoms. The van der Waals surface area contributed by atoms with Crippen molar-refractivity contribution < 1.29 is 9.90 Å². The van der Waals surface area contributed by atoms with Crippen LogP contribution in [0.15, 0.2) is 47.6 Å². The van der Waals surface area contributed by atoms with Gasteiger partial charge in [0.1, 0.15) is 5.75 Å². The molecular formula is C23H27N7O2. The van der Waals surface area contributed by atoms with Crippen LogP contribution in [-0.4, -0.2) is 44.0 Å². The van der Waals surface area contributed by atoms with Gasteiger partial charge in [-0.3, -0.25) is 10.1 Å². The Bertz CT molecular complexity index is 1100.